The van der Waals surface area contributed by atoms with Crippen molar-refractivity contribution in [2.45, 2.75) is 18.4 Å². The predicted octanol–water partition coefficient (Wildman–Crippen LogP) is 1.91. The Morgan fingerprint density at radius 3 is 2.79 bits per heavy atom. The quantitative estimate of drug-likeness (QED) is 0.625. The van der Waals surface area contributed by atoms with Gasteiger partial charge < -0.3 is 10.2 Å². The van der Waals surface area contributed by atoms with E-state index in [1.807, 2.05) is 0 Å². The number of phenols is 1. The monoisotopic (exact) mass is 262 g/mol. The molecule has 6 heteroatoms. The third-order valence-corrected chi connectivity index (χ3v) is 3.12. The van der Waals surface area contributed by atoms with Gasteiger partial charge in [-0.2, -0.15) is 0 Å². The molecule has 1 heterocycles. The predicted molar refractivity (Wildman–Crippen MR) is 70.4 cm³/mol. The average molecular weight is 262 g/mol. The number of rotatable bonds is 5. The van der Waals surface area contributed by atoms with E-state index in [0.29, 0.717) is 18.4 Å². The number of benzene rings is 1. The van der Waals surface area contributed by atoms with Gasteiger partial charge in [-0.3, -0.25) is 15.1 Å². The Labute approximate surface area is 109 Å². The van der Waals surface area contributed by atoms with Gasteiger partial charge in [0.2, 0.25) is 0 Å². The molecule has 0 amide bonds. The Bertz CT molecular complexity index is 540. The first-order valence-electron chi connectivity index (χ1n) is 5.91. The van der Waals surface area contributed by atoms with Crippen LogP contribution >= 0.6 is 0 Å². The van der Waals surface area contributed by atoms with Crippen LogP contribution < -0.4 is 0 Å². The highest BCUT2D eigenvalue weighted by Crippen LogP contribution is 2.41. The molecule has 0 aromatic heterocycles. The second kappa shape index (κ2) is 5.19. The maximum Gasteiger partial charge on any atom is 0.279 e. The van der Waals surface area contributed by atoms with Crippen molar-refractivity contribution in [1.29, 1.82) is 0 Å². The van der Waals surface area contributed by atoms with Crippen molar-refractivity contribution in [1.82, 2.24) is 0 Å². The highest BCUT2D eigenvalue weighted by Gasteiger charge is 2.36. The van der Waals surface area contributed by atoms with E-state index in [4.69, 9.17) is 5.11 Å². The summed E-state index contributed by atoms with van der Waals surface area (Å²) in [6, 6.07) is 4.04. The van der Waals surface area contributed by atoms with Crippen LogP contribution in [0.4, 0.5) is 5.69 Å². The van der Waals surface area contributed by atoms with E-state index < -0.39 is 10.5 Å². The van der Waals surface area contributed by atoms with Crippen molar-refractivity contribution in [3.8, 4) is 5.75 Å². The number of hydrogen-bond donors (Lipinski definition) is 2. The topological polar surface area (TPSA) is 96.0 Å². The summed E-state index contributed by atoms with van der Waals surface area (Å²) < 4.78 is 0. The Morgan fingerprint density at radius 2 is 2.21 bits per heavy atom. The van der Waals surface area contributed by atoms with Crippen molar-refractivity contribution in [3.05, 3.63) is 46.0 Å². The summed E-state index contributed by atoms with van der Waals surface area (Å²) in [6.45, 7) is -0.00298. The van der Waals surface area contributed by atoms with E-state index in [1.54, 1.807) is 18.4 Å². The number of nitrogens with zero attached hydrogens (tertiary/aromatic N) is 2. The van der Waals surface area contributed by atoms with Crippen LogP contribution in [0.1, 0.15) is 18.4 Å². The summed E-state index contributed by atoms with van der Waals surface area (Å²) in [5, 5.41) is 29.5. The zero-order valence-electron chi connectivity index (χ0n) is 10.2. The third kappa shape index (κ3) is 2.48. The lowest BCUT2D eigenvalue weighted by atomic mass is 9.85. The molecule has 1 aliphatic rings. The minimum atomic E-state index is -0.821. The van der Waals surface area contributed by atoms with Gasteiger partial charge in [0.15, 0.2) is 0 Å². The van der Waals surface area contributed by atoms with Crippen LogP contribution in [0.25, 0.3) is 0 Å². The Balaban J connectivity index is 2.51. The summed E-state index contributed by atoms with van der Waals surface area (Å²) in [5.41, 5.74) is -0.561. The van der Waals surface area contributed by atoms with Crippen LogP contribution in [0.15, 0.2) is 35.3 Å². The second-order valence-corrected chi connectivity index (χ2v) is 4.35. The average Bonchev–Trinajstić information content (AvgIpc) is 2.86. The highest BCUT2D eigenvalue weighted by atomic mass is 16.6. The Morgan fingerprint density at radius 1 is 1.42 bits per heavy atom. The standard InChI is InChI=1S/C13H14N2O4/c16-8-2-6-13(5-1-7-14-13)11-4-3-10(17)9-12(11)15(18)19/h1,3-5,7,9,16-17H,2,6,8H2. The van der Waals surface area contributed by atoms with Crippen LogP contribution in [0, 0.1) is 10.1 Å². The zero-order chi connectivity index (χ0) is 13.9. The van der Waals surface area contributed by atoms with Gasteiger partial charge in [0.25, 0.3) is 5.69 Å². The molecule has 19 heavy (non-hydrogen) atoms. The Kier molecular flexibility index (Phi) is 3.62. The van der Waals surface area contributed by atoms with Gasteiger partial charge in [0.1, 0.15) is 11.3 Å². The lowest BCUT2D eigenvalue weighted by molar-refractivity contribution is -0.386. The van der Waals surface area contributed by atoms with Crippen molar-refractivity contribution < 1.29 is 15.1 Å². The number of aliphatic imine (C=N–C) groups is 1. The largest absolute Gasteiger partial charge is 0.508 e. The maximum atomic E-state index is 11.1. The number of aliphatic hydroxyl groups is 1. The minimum Gasteiger partial charge on any atom is -0.508 e. The van der Waals surface area contributed by atoms with E-state index in [2.05, 4.69) is 4.99 Å². The molecule has 100 valence electrons. The van der Waals surface area contributed by atoms with Crippen LogP contribution in [0.3, 0.4) is 0 Å². The number of nitro benzene ring substituents is 1. The number of nitro groups is 1. The lowest BCUT2D eigenvalue weighted by Crippen LogP contribution is -2.21. The van der Waals surface area contributed by atoms with Gasteiger partial charge >= 0.3 is 0 Å². The molecular weight excluding hydrogens is 248 g/mol. The van der Waals surface area contributed by atoms with E-state index in [1.165, 1.54) is 12.1 Å². The molecule has 1 aromatic carbocycles. The molecule has 6 nitrogen and oxygen atoms in total. The molecule has 1 aliphatic heterocycles. The van der Waals surface area contributed by atoms with Crippen molar-refractivity contribution in [3.63, 3.8) is 0 Å². The van der Waals surface area contributed by atoms with Gasteiger partial charge in [0.05, 0.1) is 16.6 Å². The molecule has 1 unspecified atom stereocenters. The number of aliphatic hydroxyl groups excluding tert-OH is 1. The van der Waals surface area contributed by atoms with Crippen LogP contribution in [-0.4, -0.2) is 28.0 Å². The smallest absolute Gasteiger partial charge is 0.279 e. The fourth-order valence-electron chi connectivity index (χ4n) is 2.25. The summed E-state index contributed by atoms with van der Waals surface area (Å²) >= 11 is 0. The maximum absolute atomic E-state index is 11.1. The van der Waals surface area contributed by atoms with E-state index in [0.717, 1.165) is 6.07 Å². The van der Waals surface area contributed by atoms with Crippen LogP contribution in [0.5, 0.6) is 5.75 Å². The fourth-order valence-corrected chi connectivity index (χ4v) is 2.25. The summed E-state index contributed by atoms with van der Waals surface area (Å²) in [4.78, 5) is 14.9. The highest BCUT2D eigenvalue weighted by molar-refractivity contribution is 5.76. The van der Waals surface area contributed by atoms with Crippen LogP contribution in [-0.2, 0) is 5.54 Å². The molecule has 0 aliphatic carbocycles. The molecule has 2 N–H and O–H groups in total. The first-order valence-corrected chi connectivity index (χ1v) is 5.91. The lowest BCUT2D eigenvalue weighted by Gasteiger charge is -2.24. The molecule has 2 rings (SSSR count). The summed E-state index contributed by atoms with van der Waals surface area (Å²) in [6.07, 6.45) is 6.06. The van der Waals surface area contributed by atoms with Crippen molar-refractivity contribution >= 4 is 11.9 Å². The number of hydrogen-bond acceptors (Lipinski definition) is 5. The van der Waals surface area contributed by atoms with Gasteiger partial charge in [-0.15, -0.1) is 0 Å². The van der Waals surface area contributed by atoms with Crippen molar-refractivity contribution in [2.24, 2.45) is 4.99 Å². The van der Waals surface area contributed by atoms with E-state index in [-0.39, 0.29) is 18.0 Å². The summed E-state index contributed by atoms with van der Waals surface area (Å²) in [5.74, 6) is -0.154. The minimum absolute atomic E-state index is 0.00298. The molecule has 0 bridgehead atoms. The second-order valence-electron chi connectivity index (χ2n) is 4.35. The van der Waals surface area contributed by atoms with Gasteiger partial charge in [-0.25, -0.2) is 0 Å². The fraction of sp³-hybridized carbons (Fsp3) is 0.308. The molecule has 0 radical (unpaired) electrons. The molecule has 1 atom stereocenters. The van der Waals surface area contributed by atoms with Crippen molar-refractivity contribution in [2.75, 3.05) is 6.61 Å². The Hall–Kier alpha value is -2.21. The number of aromatic hydroxyl groups is 1. The van der Waals surface area contributed by atoms with Gasteiger partial charge in [0, 0.05) is 12.8 Å². The number of phenolic OH excluding ortho intramolecular Hbond substituents is 1. The van der Waals surface area contributed by atoms with Gasteiger partial charge in [-0.05, 0) is 31.1 Å². The first kappa shape index (κ1) is 13.2. The van der Waals surface area contributed by atoms with Gasteiger partial charge in [-0.1, -0.05) is 6.08 Å². The zero-order valence-corrected chi connectivity index (χ0v) is 10.2. The third-order valence-electron chi connectivity index (χ3n) is 3.12. The van der Waals surface area contributed by atoms with Crippen LogP contribution in [0.2, 0.25) is 0 Å². The summed E-state index contributed by atoms with van der Waals surface area (Å²) in [7, 11) is 0. The molecular formula is C13H14N2O4. The normalized spacial score (nSPS) is 20.9. The SMILES string of the molecule is O=[N+]([O-])c1cc(O)ccc1C1(CCCO)C=CC=N1. The molecule has 0 fully saturated rings. The molecule has 0 saturated carbocycles. The molecule has 1 aromatic rings. The first-order chi connectivity index (χ1) is 9.09. The van der Waals surface area contributed by atoms with E-state index >= 15 is 0 Å². The van der Waals surface area contributed by atoms with E-state index in [9.17, 15) is 15.2 Å². The number of allylic oxidation sites excluding steroid dienone is 1. The molecule has 0 spiro atoms. The molecule has 0 saturated heterocycles.